The molecule has 3 aromatic rings. The van der Waals surface area contributed by atoms with Crippen LogP contribution in [0.4, 0.5) is 0 Å². The number of nitrogens with zero attached hydrogens (tertiary/aromatic N) is 1. The van der Waals surface area contributed by atoms with Crippen LogP contribution in [0.25, 0.3) is 11.6 Å². The summed E-state index contributed by atoms with van der Waals surface area (Å²) in [6.45, 7) is 2.51. The van der Waals surface area contributed by atoms with Gasteiger partial charge in [0.1, 0.15) is 11.5 Å². The van der Waals surface area contributed by atoms with Gasteiger partial charge in [-0.15, -0.1) is 0 Å². The van der Waals surface area contributed by atoms with E-state index in [9.17, 15) is 10.1 Å². The molecule has 3 aromatic carbocycles. The minimum Gasteiger partial charge on any atom is -0.494 e. The van der Waals surface area contributed by atoms with E-state index in [-0.39, 0.29) is 12.4 Å². The maximum absolute atomic E-state index is 12.3. The third-order valence-corrected chi connectivity index (χ3v) is 4.82. The van der Waals surface area contributed by atoms with E-state index >= 15 is 0 Å². The lowest BCUT2D eigenvalue weighted by molar-refractivity contribution is -0.133. The fourth-order valence-corrected chi connectivity index (χ4v) is 3.19. The Hall–Kier alpha value is -4.24. The number of hydrogen-bond acceptors (Lipinski definition) is 6. The van der Waals surface area contributed by atoms with Gasteiger partial charge >= 0.3 is 5.97 Å². The van der Waals surface area contributed by atoms with Gasteiger partial charge in [0.25, 0.3) is 0 Å². The second kappa shape index (κ2) is 11.4. The minimum atomic E-state index is -0.356. The Morgan fingerprint density at radius 3 is 2.18 bits per heavy atom. The molecule has 33 heavy (non-hydrogen) atoms. The summed E-state index contributed by atoms with van der Waals surface area (Å²) < 4.78 is 21.4. The number of benzene rings is 3. The van der Waals surface area contributed by atoms with Crippen LogP contribution in [0, 0.1) is 11.3 Å². The highest BCUT2D eigenvalue weighted by Gasteiger charge is 2.09. The highest BCUT2D eigenvalue weighted by Crippen LogP contribution is 2.31. The van der Waals surface area contributed by atoms with Gasteiger partial charge in [-0.25, -0.2) is 0 Å². The Morgan fingerprint density at radius 2 is 1.58 bits per heavy atom. The molecular formula is C27H25NO5. The SMILES string of the molecule is CCOc1ccc(CC(=O)Oc2ccc(/C=C(/C#N)c3ccc(OC)c(OC)c3)cc2)cc1. The number of carbonyl (C=O) groups is 1. The van der Waals surface area contributed by atoms with Gasteiger partial charge in [-0.1, -0.05) is 24.3 Å². The predicted molar refractivity (Wildman–Crippen MR) is 126 cm³/mol. The number of ether oxygens (including phenoxy) is 4. The molecule has 0 bridgehead atoms. The number of esters is 1. The van der Waals surface area contributed by atoms with Crippen LogP contribution in [-0.2, 0) is 11.2 Å². The molecule has 0 unspecified atom stereocenters. The molecule has 0 radical (unpaired) electrons. The standard InChI is InChI=1S/C27H25NO5/c1-4-32-23-10-5-20(6-11-23)16-27(29)33-24-12-7-19(8-13-24)15-22(18-28)21-9-14-25(30-2)26(17-21)31-3/h5-15,17H,4,16H2,1-3H3/b22-15-. The van der Waals surface area contributed by atoms with E-state index in [1.54, 1.807) is 62.8 Å². The molecule has 0 saturated heterocycles. The number of nitriles is 1. The second-order valence-corrected chi connectivity index (χ2v) is 7.04. The monoisotopic (exact) mass is 443 g/mol. The lowest BCUT2D eigenvalue weighted by Crippen LogP contribution is -2.11. The first-order chi connectivity index (χ1) is 16.1. The molecule has 0 aromatic heterocycles. The lowest BCUT2D eigenvalue weighted by atomic mass is 10.0. The second-order valence-electron chi connectivity index (χ2n) is 7.04. The predicted octanol–water partition coefficient (Wildman–Crippen LogP) is 5.31. The molecule has 0 saturated carbocycles. The van der Waals surface area contributed by atoms with Crippen molar-refractivity contribution >= 4 is 17.6 Å². The normalized spacial score (nSPS) is 10.8. The lowest BCUT2D eigenvalue weighted by Gasteiger charge is -2.09. The first-order valence-electron chi connectivity index (χ1n) is 10.4. The van der Waals surface area contributed by atoms with E-state index in [1.165, 1.54) is 0 Å². The van der Waals surface area contributed by atoms with E-state index < -0.39 is 0 Å². The van der Waals surface area contributed by atoms with Crippen molar-refractivity contribution in [2.75, 3.05) is 20.8 Å². The molecule has 6 nitrogen and oxygen atoms in total. The van der Waals surface area contributed by atoms with Gasteiger partial charge in [0.2, 0.25) is 0 Å². The number of allylic oxidation sites excluding steroid dienone is 1. The van der Waals surface area contributed by atoms with Crippen molar-refractivity contribution in [2.24, 2.45) is 0 Å². The number of methoxy groups -OCH3 is 2. The first-order valence-corrected chi connectivity index (χ1v) is 10.4. The van der Waals surface area contributed by atoms with Crippen LogP contribution in [0.1, 0.15) is 23.6 Å². The molecule has 0 N–H and O–H groups in total. The van der Waals surface area contributed by atoms with Crippen molar-refractivity contribution in [3.8, 4) is 29.1 Å². The van der Waals surface area contributed by atoms with Crippen LogP contribution in [0.3, 0.4) is 0 Å². The molecule has 0 heterocycles. The first kappa shape index (κ1) is 23.4. The Morgan fingerprint density at radius 1 is 0.909 bits per heavy atom. The number of hydrogen-bond donors (Lipinski definition) is 0. The summed E-state index contributed by atoms with van der Waals surface area (Å²) in [5.74, 6) is 1.99. The van der Waals surface area contributed by atoms with Crippen LogP contribution in [0.15, 0.2) is 66.7 Å². The smallest absolute Gasteiger partial charge is 0.315 e. The van der Waals surface area contributed by atoms with Gasteiger partial charge in [0, 0.05) is 0 Å². The van der Waals surface area contributed by atoms with Crippen molar-refractivity contribution in [1.82, 2.24) is 0 Å². The summed E-state index contributed by atoms with van der Waals surface area (Å²) in [6.07, 6.45) is 1.92. The zero-order valence-corrected chi connectivity index (χ0v) is 18.8. The van der Waals surface area contributed by atoms with E-state index in [1.807, 2.05) is 31.2 Å². The number of carbonyl (C=O) groups excluding carboxylic acids is 1. The quantitative estimate of drug-likeness (QED) is 0.193. The molecule has 0 aliphatic carbocycles. The van der Waals surface area contributed by atoms with E-state index in [0.29, 0.717) is 35.0 Å². The highest BCUT2D eigenvalue weighted by molar-refractivity contribution is 5.90. The minimum absolute atomic E-state index is 0.159. The van der Waals surface area contributed by atoms with Crippen molar-refractivity contribution in [3.63, 3.8) is 0 Å². The molecule has 0 spiro atoms. The molecule has 6 heteroatoms. The molecular weight excluding hydrogens is 418 g/mol. The van der Waals surface area contributed by atoms with E-state index in [4.69, 9.17) is 18.9 Å². The van der Waals surface area contributed by atoms with E-state index in [0.717, 1.165) is 16.9 Å². The average molecular weight is 443 g/mol. The molecule has 0 atom stereocenters. The van der Waals surface area contributed by atoms with Crippen LogP contribution in [0.2, 0.25) is 0 Å². The fourth-order valence-electron chi connectivity index (χ4n) is 3.19. The molecule has 168 valence electrons. The maximum Gasteiger partial charge on any atom is 0.315 e. The van der Waals surface area contributed by atoms with Crippen LogP contribution < -0.4 is 18.9 Å². The Kier molecular flexibility index (Phi) is 8.09. The summed E-state index contributed by atoms with van der Waals surface area (Å²) in [7, 11) is 3.11. The molecule has 0 aliphatic heterocycles. The van der Waals surface area contributed by atoms with Crippen molar-refractivity contribution in [2.45, 2.75) is 13.3 Å². The zero-order valence-electron chi connectivity index (χ0n) is 18.8. The maximum atomic E-state index is 12.3. The van der Waals surface area contributed by atoms with Crippen molar-refractivity contribution in [3.05, 3.63) is 83.4 Å². The van der Waals surface area contributed by atoms with Gasteiger partial charge in [0.05, 0.1) is 38.9 Å². The summed E-state index contributed by atoms with van der Waals surface area (Å²) >= 11 is 0. The van der Waals surface area contributed by atoms with Crippen LogP contribution in [-0.4, -0.2) is 26.8 Å². The van der Waals surface area contributed by atoms with E-state index in [2.05, 4.69) is 6.07 Å². The third kappa shape index (κ3) is 6.37. The molecule has 0 amide bonds. The van der Waals surface area contributed by atoms with Crippen molar-refractivity contribution in [1.29, 1.82) is 5.26 Å². The molecule has 0 fully saturated rings. The third-order valence-electron chi connectivity index (χ3n) is 4.82. The highest BCUT2D eigenvalue weighted by atomic mass is 16.5. The fraction of sp³-hybridized carbons (Fsp3) is 0.185. The Bertz CT molecular complexity index is 1160. The zero-order chi connectivity index (χ0) is 23.6. The van der Waals surface area contributed by atoms with Gasteiger partial charge in [-0.2, -0.15) is 5.26 Å². The van der Waals surface area contributed by atoms with Gasteiger partial charge in [0.15, 0.2) is 11.5 Å². The summed E-state index contributed by atoms with van der Waals surface area (Å²) in [5, 5.41) is 9.62. The van der Waals surface area contributed by atoms with Crippen LogP contribution in [0.5, 0.6) is 23.0 Å². The summed E-state index contributed by atoms with van der Waals surface area (Å²) in [5.41, 5.74) is 2.82. The topological polar surface area (TPSA) is 77.8 Å². The summed E-state index contributed by atoms with van der Waals surface area (Å²) in [4.78, 5) is 12.3. The van der Waals surface area contributed by atoms with Gasteiger partial charge < -0.3 is 18.9 Å². The summed E-state index contributed by atoms with van der Waals surface area (Å²) in [6, 6.07) is 21.9. The largest absolute Gasteiger partial charge is 0.494 e. The molecule has 0 aliphatic rings. The number of rotatable bonds is 9. The van der Waals surface area contributed by atoms with Crippen molar-refractivity contribution < 1.29 is 23.7 Å². The van der Waals surface area contributed by atoms with Crippen LogP contribution >= 0.6 is 0 Å². The Labute approximate surface area is 193 Å². The van der Waals surface area contributed by atoms with Gasteiger partial charge in [-0.05, 0) is 72.2 Å². The van der Waals surface area contributed by atoms with Gasteiger partial charge in [-0.3, -0.25) is 4.79 Å². The molecule has 3 rings (SSSR count). The Balaban J connectivity index is 1.67. The average Bonchev–Trinajstić information content (AvgIpc) is 2.84.